The van der Waals surface area contributed by atoms with Crippen LogP contribution in [0.3, 0.4) is 0 Å². The van der Waals surface area contributed by atoms with Crippen molar-refractivity contribution in [3.05, 3.63) is 47.0 Å². The van der Waals surface area contributed by atoms with Crippen molar-refractivity contribution in [1.29, 1.82) is 0 Å². The average molecular weight is 400 g/mol. The third-order valence-electron chi connectivity index (χ3n) is 3.86. The van der Waals surface area contributed by atoms with Crippen molar-refractivity contribution in [1.82, 2.24) is 9.97 Å². The van der Waals surface area contributed by atoms with Crippen LogP contribution in [0.25, 0.3) is 20.4 Å². The molecule has 0 aliphatic heterocycles. The van der Waals surface area contributed by atoms with Gasteiger partial charge in [0.25, 0.3) is 0 Å². The minimum Gasteiger partial charge on any atom is -0.302 e. The maximum atomic E-state index is 12.4. The van der Waals surface area contributed by atoms with Gasteiger partial charge in [0, 0.05) is 4.90 Å². The molecule has 132 valence electrons. The lowest BCUT2D eigenvalue weighted by Gasteiger charge is -2.03. The number of thioether (sulfide) groups is 1. The van der Waals surface area contributed by atoms with E-state index in [2.05, 4.69) is 34.3 Å². The van der Waals surface area contributed by atoms with Crippen molar-refractivity contribution >= 4 is 65.9 Å². The maximum Gasteiger partial charge on any atom is 0.230 e. The van der Waals surface area contributed by atoms with Crippen LogP contribution < -0.4 is 5.32 Å². The molecular weight excluding hydrogens is 382 g/mol. The molecule has 0 unspecified atom stereocenters. The molecule has 0 atom stereocenters. The van der Waals surface area contributed by atoms with E-state index in [1.165, 1.54) is 16.2 Å². The smallest absolute Gasteiger partial charge is 0.230 e. The molecule has 4 rings (SSSR count). The number of aryl methyl sites for hydroxylation is 1. The van der Waals surface area contributed by atoms with E-state index in [0.29, 0.717) is 11.6 Å². The largest absolute Gasteiger partial charge is 0.302 e. The van der Waals surface area contributed by atoms with Gasteiger partial charge in [0.1, 0.15) is 0 Å². The number of aromatic nitrogens is 2. The number of hydrogen-bond donors (Lipinski definition) is 1. The molecule has 4 aromatic rings. The summed E-state index contributed by atoms with van der Waals surface area (Å²) in [4.78, 5) is 22.7. The molecule has 7 heteroatoms. The van der Waals surface area contributed by atoms with Crippen LogP contribution in [0.4, 0.5) is 5.13 Å². The van der Waals surface area contributed by atoms with Gasteiger partial charge in [0.2, 0.25) is 5.91 Å². The van der Waals surface area contributed by atoms with Crippen LogP contribution in [0.2, 0.25) is 0 Å². The fraction of sp³-hybridized carbons (Fsp3) is 0.211. The molecule has 1 amide bonds. The van der Waals surface area contributed by atoms with Gasteiger partial charge in [0.15, 0.2) is 5.13 Å². The van der Waals surface area contributed by atoms with E-state index in [1.54, 1.807) is 23.1 Å². The Bertz CT molecular complexity index is 1080. The van der Waals surface area contributed by atoms with Crippen molar-refractivity contribution in [3.63, 3.8) is 0 Å². The fourth-order valence-electron chi connectivity index (χ4n) is 2.76. The van der Waals surface area contributed by atoms with Gasteiger partial charge in [-0.2, -0.15) is 0 Å². The Morgan fingerprint density at radius 3 is 2.46 bits per heavy atom. The summed E-state index contributed by atoms with van der Waals surface area (Å²) in [5, 5.41) is 4.62. The van der Waals surface area contributed by atoms with Gasteiger partial charge in [-0.15, -0.1) is 23.1 Å². The molecule has 2 aromatic carbocycles. The van der Waals surface area contributed by atoms with Crippen LogP contribution >= 0.6 is 34.4 Å². The molecular formula is C19H17N3OS3. The van der Waals surface area contributed by atoms with E-state index in [-0.39, 0.29) is 5.91 Å². The summed E-state index contributed by atoms with van der Waals surface area (Å²) in [6.45, 7) is 4.13. The van der Waals surface area contributed by atoms with Crippen LogP contribution in [-0.4, -0.2) is 21.6 Å². The summed E-state index contributed by atoms with van der Waals surface area (Å²) >= 11 is 4.98. The Morgan fingerprint density at radius 2 is 1.73 bits per heavy atom. The number of hydrogen-bond acceptors (Lipinski definition) is 6. The summed E-state index contributed by atoms with van der Waals surface area (Å²) in [6.07, 6.45) is 0.349. The summed E-state index contributed by atoms with van der Waals surface area (Å²) in [5.41, 5.74) is 2.90. The predicted molar refractivity (Wildman–Crippen MR) is 113 cm³/mol. The van der Waals surface area contributed by atoms with Gasteiger partial charge in [0.05, 0.1) is 31.9 Å². The van der Waals surface area contributed by atoms with Gasteiger partial charge in [-0.05, 0) is 42.5 Å². The van der Waals surface area contributed by atoms with Crippen molar-refractivity contribution in [3.8, 4) is 0 Å². The van der Waals surface area contributed by atoms with Crippen LogP contribution in [-0.2, 0) is 11.2 Å². The van der Waals surface area contributed by atoms with Crippen molar-refractivity contribution < 1.29 is 4.79 Å². The highest BCUT2D eigenvalue weighted by atomic mass is 32.2. The molecule has 0 saturated heterocycles. The number of carbonyl (C=O) groups is 1. The third kappa shape index (κ3) is 3.60. The summed E-state index contributed by atoms with van der Waals surface area (Å²) in [5.74, 6) is 1.00. The van der Waals surface area contributed by atoms with Gasteiger partial charge in [-0.1, -0.05) is 30.4 Å². The summed E-state index contributed by atoms with van der Waals surface area (Å²) in [7, 11) is 0. The lowest BCUT2D eigenvalue weighted by Crippen LogP contribution is -2.14. The maximum absolute atomic E-state index is 12.4. The molecule has 0 aliphatic carbocycles. The standard InChI is InChI=1S/C19H17N3OS3/c1-3-24-13-6-4-12(5-7-13)10-16(23)22-19-21-15-9-8-14-17(18(15)26-19)25-11(2)20-14/h4-9H,3,10H2,1-2H3,(H,21,22,23). The van der Waals surface area contributed by atoms with E-state index in [9.17, 15) is 4.79 Å². The van der Waals surface area contributed by atoms with E-state index in [4.69, 9.17) is 0 Å². The predicted octanol–water partition coefficient (Wildman–Crippen LogP) is 5.51. The van der Waals surface area contributed by atoms with Crippen molar-refractivity contribution in [2.75, 3.05) is 11.1 Å². The average Bonchev–Trinajstić information content (AvgIpc) is 3.18. The van der Waals surface area contributed by atoms with Gasteiger partial charge in [-0.3, -0.25) is 4.79 Å². The highest BCUT2D eigenvalue weighted by molar-refractivity contribution is 7.99. The zero-order chi connectivity index (χ0) is 18.1. The number of rotatable bonds is 5. The van der Waals surface area contributed by atoms with Crippen molar-refractivity contribution in [2.24, 2.45) is 0 Å². The van der Waals surface area contributed by atoms with Gasteiger partial charge in [-0.25, -0.2) is 9.97 Å². The number of nitrogens with zero attached hydrogens (tertiary/aromatic N) is 2. The number of nitrogens with one attached hydrogen (secondary N) is 1. The second-order valence-corrected chi connectivity index (χ2v) is 9.36. The molecule has 2 heterocycles. The lowest BCUT2D eigenvalue weighted by molar-refractivity contribution is -0.115. The Hall–Kier alpha value is -1.96. The highest BCUT2D eigenvalue weighted by Gasteiger charge is 2.13. The van der Waals surface area contributed by atoms with Gasteiger partial charge >= 0.3 is 0 Å². The molecule has 0 fully saturated rings. The first-order valence-electron chi connectivity index (χ1n) is 8.30. The Morgan fingerprint density at radius 1 is 1.04 bits per heavy atom. The third-order valence-corrected chi connectivity index (χ3v) is 6.90. The number of anilines is 1. The molecule has 0 bridgehead atoms. The number of thiazole rings is 2. The van der Waals surface area contributed by atoms with Crippen LogP contribution in [0.5, 0.6) is 0 Å². The monoisotopic (exact) mass is 399 g/mol. The zero-order valence-electron chi connectivity index (χ0n) is 14.4. The molecule has 26 heavy (non-hydrogen) atoms. The highest BCUT2D eigenvalue weighted by Crippen LogP contribution is 2.35. The molecule has 1 N–H and O–H groups in total. The number of benzene rings is 2. The molecule has 0 aliphatic rings. The molecule has 4 nitrogen and oxygen atoms in total. The minimum atomic E-state index is -0.0447. The SMILES string of the molecule is CCSc1ccc(CC(=O)Nc2nc3ccc4nc(C)sc4c3s2)cc1. The number of fused-ring (bicyclic) bond motifs is 3. The van der Waals surface area contributed by atoms with E-state index in [1.807, 2.05) is 31.2 Å². The van der Waals surface area contributed by atoms with Crippen molar-refractivity contribution in [2.45, 2.75) is 25.2 Å². The normalized spacial score (nSPS) is 11.3. The van der Waals surface area contributed by atoms with E-state index < -0.39 is 0 Å². The van der Waals surface area contributed by atoms with Gasteiger partial charge < -0.3 is 5.32 Å². The first-order chi connectivity index (χ1) is 12.6. The second-order valence-electron chi connectivity index (χ2n) is 5.82. The molecule has 0 spiro atoms. The minimum absolute atomic E-state index is 0.0447. The Labute approximate surface area is 163 Å². The number of amides is 1. The summed E-state index contributed by atoms with van der Waals surface area (Å²) < 4.78 is 2.23. The van der Waals surface area contributed by atoms with Crippen LogP contribution in [0, 0.1) is 6.92 Å². The van der Waals surface area contributed by atoms with E-state index >= 15 is 0 Å². The first-order valence-corrected chi connectivity index (χ1v) is 10.9. The number of carbonyl (C=O) groups excluding carboxylic acids is 1. The molecule has 0 radical (unpaired) electrons. The van der Waals surface area contributed by atoms with Crippen LogP contribution in [0.15, 0.2) is 41.3 Å². The Balaban J connectivity index is 1.51. The molecule has 2 aromatic heterocycles. The van der Waals surface area contributed by atoms with Crippen LogP contribution in [0.1, 0.15) is 17.5 Å². The lowest BCUT2D eigenvalue weighted by atomic mass is 10.1. The molecule has 0 saturated carbocycles. The zero-order valence-corrected chi connectivity index (χ0v) is 16.9. The fourth-order valence-corrected chi connectivity index (χ4v) is 5.44. The second kappa shape index (κ2) is 7.34. The quantitative estimate of drug-likeness (QED) is 0.450. The Kier molecular flexibility index (Phi) is 4.93. The topological polar surface area (TPSA) is 54.9 Å². The summed E-state index contributed by atoms with van der Waals surface area (Å²) in [6, 6.07) is 12.1. The first kappa shape index (κ1) is 17.5. The van der Waals surface area contributed by atoms with E-state index in [0.717, 1.165) is 36.8 Å².